The van der Waals surface area contributed by atoms with E-state index in [9.17, 15) is 0 Å². The van der Waals surface area contributed by atoms with Crippen LogP contribution in [0.1, 0.15) is 5.56 Å². The minimum Gasteiger partial charge on any atom is -0.370 e. The Morgan fingerprint density at radius 2 is 2.21 bits per heavy atom. The van der Waals surface area contributed by atoms with Gasteiger partial charge in [-0.05, 0) is 17.7 Å². The Morgan fingerprint density at radius 3 is 2.84 bits per heavy atom. The largest absolute Gasteiger partial charge is 0.370 e. The molecule has 1 aromatic carbocycles. The van der Waals surface area contributed by atoms with Crippen molar-refractivity contribution >= 4 is 5.96 Å². The Hall–Kier alpha value is -2.63. The molecule has 0 aliphatic heterocycles. The van der Waals surface area contributed by atoms with Crippen LogP contribution in [-0.4, -0.2) is 27.3 Å². The summed E-state index contributed by atoms with van der Waals surface area (Å²) in [7, 11) is 0. The lowest BCUT2D eigenvalue weighted by Gasteiger charge is -2.04. The number of rotatable bonds is 5. The van der Waals surface area contributed by atoms with E-state index in [2.05, 4.69) is 27.0 Å². The van der Waals surface area contributed by atoms with Gasteiger partial charge in [0.25, 0.3) is 0 Å². The van der Waals surface area contributed by atoms with Crippen molar-refractivity contribution in [3.8, 4) is 5.69 Å². The summed E-state index contributed by atoms with van der Waals surface area (Å²) in [6, 6.07) is 7.91. The first-order chi connectivity index (χ1) is 9.29. The molecule has 0 aliphatic rings. The summed E-state index contributed by atoms with van der Waals surface area (Å²) in [5, 5.41) is 6.99. The smallest absolute Gasteiger partial charge is 0.189 e. The highest BCUT2D eigenvalue weighted by atomic mass is 15.3. The number of nitrogens with zero attached hydrogens (tertiary/aromatic N) is 4. The Balaban J connectivity index is 1.97. The van der Waals surface area contributed by atoms with E-state index in [-0.39, 0.29) is 0 Å². The highest BCUT2D eigenvalue weighted by Gasteiger charge is 1.97. The molecule has 0 spiro atoms. The van der Waals surface area contributed by atoms with E-state index >= 15 is 0 Å². The lowest BCUT2D eigenvalue weighted by Crippen LogP contribution is -2.31. The van der Waals surface area contributed by atoms with Gasteiger partial charge in [0.15, 0.2) is 5.96 Å². The molecule has 6 nitrogen and oxygen atoms in total. The third-order valence-electron chi connectivity index (χ3n) is 2.48. The second kappa shape index (κ2) is 6.34. The number of guanidine groups is 1. The SMILES string of the molecule is C=CCNC(N)=NCc1ccc(-n2cncn2)cc1. The molecule has 0 radical (unpaired) electrons. The van der Waals surface area contributed by atoms with Gasteiger partial charge in [-0.25, -0.2) is 14.7 Å². The average Bonchev–Trinajstić information content (AvgIpc) is 2.97. The minimum absolute atomic E-state index is 0.417. The number of aliphatic imine (C=N–C) groups is 1. The summed E-state index contributed by atoms with van der Waals surface area (Å²) in [4.78, 5) is 8.13. The summed E-state index contributed by atoms with van der Waals surface area (Å²) in [5.41, 5.74) is 7.72. The molecule has 98 valence electrons. The Morgan fingerprint density at radius 1 is 1.42 bits per heavy atom. The zero-order chi connectivity index (χ0) is 13.5. The van der Waals surface area contributed by atoms with Gasteiger partial charge in [0, 0.05) is 6.54 Å². The van der Waals surface area contributed by atoms with Crippen molar-refractivity contribution in [1.82, 2.24) is 20.1 Å². The van der Waals surface area contributed by atoms with Crippen LogP contribution in [0, 0.1) is 0 Å². The van der Waals surface area contributed by atoms with Gasteiger partial charge < -0.3 is 11.1 Å². The van der Waals surface area contributed by atoms with E-state index < -0.39 is 0 Å². The maximum atomic E-state index is 5.68. The van der Waals surface area contributed by atoms with Crippen molar-refractivity contribution in [1.29, 1.82) is 0 Å². The molecule has 0 atom stereocenters. The zero-order valence-corrected chi connectivity index (χ0v) is 10.5. The third kappa shape index (κ3) is 3.67. The maximum Gasteiger partial charge on any atom is 0.189 e. The van der Waals surface area contributed by atoms with E-state index in [4.69, 9.17) is 5.73 Å². The summed E-state index contributed by atoms with van der Waals surface area (Å²) < 4.78 is 1.70. The number of nitrogens with two attached hydrogens (primary N) is 1. The number of hydrogen-bond donors (Lipinski definition) is 2. The molecule has 0 amide bonds. The summed E-state index contributed by atoms with van der Waals surface area (Å²) in [5.74, 6) is 0.417. The van der Waals surface area contributed by atoms with Crippen molar-refractivity contribution in [3.63, 3.8) is 0 Å². The lowest BCUT2D eigenvalue weighted by atomic mass is 10.2. The van der Waals surface area contributed by atoms with Gasteiger partial charge in [0.2, 0.25) is 0 Å². The highest BCUT2D eigenvalue weighted by Crippen LogP contribution is 2.08. The van der Waals surface area contributed by atoms with Gasteiger partial charge in [0.05, 0.1) is 12.2 Å². The standard InChI is InChI=1S/C13H16N6/c1-2-7-16-13(14)17-8-11-3-5-12(6-4-11)19-10-15-9-18-19/h2-6,9-10H,1,7-8H2,(H3,14,16,17). The van der Waals surface area contributed by atoms with Gasteiger partial charge in [-0.2, -0.15) is 5.10 Å². The predicted octanol–water partition coefficient (Wildman–Crippen LogP) is 0.858. The van der Waals surface area contributed by atoms with Crippen LogP contribution in [0.5, 0.6) is 0 Å². The second-order valence-electron chi connectivity index (χ2n) is 3.88. The van der Waals surface area contributed by atoms with Gasteiger partial charge in [0.1, 0.15) is 12.7 Å². The van der Waals surface area contributed by atoms with Gasteiger partial charge in [-0.3, -0.25) is 0 Å². The van der Waals surface area contributed by atoms with Crippen LogP contribution in [0.15, 0.2) is 54.6 Å². The third-order valence-corrected chi connectivity index (χ3v) is 2.48. The van der Waals surface area contributed by atoms with Crippen LogP contribution in [0.2, 0.25) is 0 Å². The van der Waals surface area contributed by atoms with Crippen LogP contribution >= 0.6 is 0 Å². The molecular weight excluding hydrogens is 240 g/mol. The molecule has 0 aliphatic carbocycles. The number of hydrogen-bond acceptors (Lipinski definition) is 3. The molecular formula is C13H16N6. The molecule has 2 rings (SSSR count). The Labute approximate surface area is 111 Å². The molecule has 0 fully saturated rings. The zero-order valence-electron chi connectivity index (χ0n) is 10.5. The molecule has 2 aromatic rings. The van der Waals surface area contributed by atoms with Crippen LogP contribution in [0.25, 0.3) is 5.69 Å². The monoisotopic (exact) mass is 256 g/mol. The van der Waals surface area contributed by atoms with E-state index in [0.717, 1.165) is 11.3 Å². The van der Waals surface area contributed by atoms with E-state index in [0.29, 0.717) is 19.0 Å². The van der Waals surface area contributed by atoms with Gasteiger partial charge in [-0.15, -0.1) is 6.58 Å². The highest BCUT2D eigenvalue weighted by molar-refractivity contribution is 5.77. The predicted molar refractivity (Wildman–Crippen MR) is 74.9 cm³/mol. The van der Waals surface area contributed by atoms with Crippen molar-refractivity contribution in [2.45, 2.75) is 6.54 Å². The first-order valence-electron chi connectivity index (χ1n) is 5.88. The minimum atomic E-state index is 0.417. The van der Waals surface area contributed by atoms with Crippen LogP contribution in [0.4, 0.5) is 0 Å². The summed E-state index contributed by atoms with van der Waals surface area (Å²) >= 11 is 0. The molecule has 1 heterocycles. The van der Waals surface area contributed by atoms with Crippen LogP contribution in [-0.2, 0) is 6.54 Å². The fourth-order valence-corrected chi connectivity index (χ4v) is 1.50. The molecule has 19 heavy (non-hydrogen) atoms. The van der Waals surface area contributed by atoms with Crippen molar-refractivity contribution in [2.75, 3.05) is 6.54 Å². The van der Waals surface area contributed by atoms with Gasteiger partial charge >= 0.3 is 0 Å². The fourth-order valence-electron chi connectivity index (χ4n) is 1.50. The molecule has 0 saturated heterocycles. The Kier molecular flexibility index (Phi) is 4.28. The molecule has 0 unspecified atom stereocenters. The first-order valence-corrected chi connectivity index (χ1v) is 5.88. The topological polar surface area (TPSA) is 81.1 Å². The molecule has 0 bridgehead atoms. The van der Waals surface area contributed by atoms with Crippen LogP contribution in [0.3, 0.4) is 0 Å². The van der Waals surface area contributed by atoms with Crippen molar-refractivity contribution in [3.05, 3.63) is 55.1 Å². The normalized spacial score (nSPS) is 11.3. The molecule has 6 heteroatoms. The lowest BCUT2D eigenvalue weighted by molar-refractivity contribution is 0.876. The van der Waals surface area contributed by atoms with Crippen molar-refractivity contribution in [2.24, 2.45) is 10.7 Å². The quantitative estimate of drug-likeness (QED) is 0.472. The first kappa shape index (κ1) is 12.8. The molecule has 3 N–H and O–H groups in total. The number of benzene rings is 1. The molecule has 1 aromatic heterocycles. The number of aromatic nitrogens is 3. The van der Waals surface area contributed by atoms with E-state index in [1.54, 1.807) is 17.1 Å². The fraction of sp³-hybridized carbons (Fsp3) is 0.154. The van der Waals surface area contributed by atoms with Crippen molar-refractivity contribution < 1.29 is 0 Å². The van der Waals surface area contributed by atoms with E-state index in [1.807, 2.05) is 24.3 Å². The average molecular weight is 256 g/mol. The molecule has 0 saturated carbocycles. The summed E-state index contributed by atoms with van der Waals surface area (Å²) in [6.07, 6.45) is 4.89. The van der Waals surface area contributed by atoms with Crippen LogP contribution < -0.4 is 11.1 Å². The second-order valence-corrected chi connectivity index (χ2v) is 3.88. The summed E-state index contributed by atoms with van der Waals surface area (Å²) in [6.45, 7) is 4.75. The maximum absolute atomic E-state index is 5.68. The number of nitrogens with one attached hydrogen (secondary N) is 1. The van der Waals surface area contributed by atoms with Gasteiger partial charge in [-0.1, -0.05) is 18.2 Å². The Bertz CT molecular complexity index is 541. The van der Waals surface area contributed by atoms with E-state index in [1.165, 1.54) is 6.33 Å².